The molecule has 0 bridgehead atoms. The van der Waals surface area contributed by atoms with Crippen LogP contribution in [0.1, 0.15) is 21.1 Å². The van der Waals surface area contributed by atoms with Gasteiger partial charge in [0.1, 0.15) is 15.6 Å². The van der Waals surface area contributed by atoms with Crippen LogP contribution in [0.5, 0.6) is 11.5 Å². The summed E-state index contributed by atoms with van der Waals surface area (Å²) in [6.07, 6.45) is 0. The van der Waals surface area contributed by atoms with Crippen molar-refractivity contribution < 1.29 is 23.5 Å². The lowest BCUT2D eigenvalue weighted by Crippen LogP contribution is -2.04. The molecule has 7 nitrogen and oxygen atoms in total. The van der Waals surface area contributed by atoms with E-state index in [2.05, 4.69) is 10.1 Å². The van der Waals surface area contributed by atoms with Crippen LogP contribution in [0.25, 0.3) is 21.8 Å². The van der Waals surface area contributed by atoms with Crippen molar-refractivity contribution in [2.75, 3.05) is 14.2 Å². The molecule has 0 amide bonds. The normalized spacial score (nSPS) is 10.7. The van der Waals surface area contributed by atoms with Crippen LogP contribution in [-0.2, 0) is 11.3 Å². The zero-order chi connectivity index (χ0) is 21.8. The minimum Gasteiger partial charge on any atom is -0.493 e. The van der Waals surface area contributed by atoms with E-state index in [4.69, 9.17) is 18.7 Å². The van der Waals surface area contributed by atoms with Crippen LogP contribution in [0.3, 0.4) is 0 Å². The van der Waals surface area contributed by atoms with Crippen molar-refractivity contribution in [3.05, 3.63) is 70.9 Å². The lowest BCUT2D eigenvalue weighted by molar-refractivity contribution is 0.0442. The Morgan fingerprint density at radius 3 is 2.52 bits per heavy atom. The fourth-order valence-electron chi connectivity index (χ4n) is 3.01. The number of benzene rings is 2. The average Bonchev–Trinajstić information content (AvgIpc) is 3.44. The molecule has 0 saturated carbocycles. The largest absolute Gasteiger partial charge is 0.493 e. The van der Waals surface area contributed by atoms with Crippen molar-refractivity contribution in [1.29, 1.82) is 0 Å². The van der Waals surface area contributed by atoms with Gasteiger partial charge in [-0.25, -0.2) is 9.78 Å². The first-order chi connectivity index (χ1) is 15.1. The molecular weight excluding hydrogens is 416 g/mol. The van der Waals surface area contributed by atoms with Crippen LogP contribution < -0.4 is 9.47 Å². The summed E-state index contributed by atoms with van der Waals surface area (Å²) in [5.74, 6) is 1.23. The Morgan fingerprint density at radius 1 is 1.00 bits per heavy atom. The maximum absolute atomic E-state index is 12.6. The van der Waals surface area contributed by atoms with Crippen LogP contribution >= 0.6 is 11.3 Å². The third-order valence-electron chi connectivity index (χ3n) is 4.59. The molecule has 2 aromatic heterocycles. The molecule has 0 unspecified atom stereocenters. The summed E-state index contributed by atoms with van der Waals surface area (Å²) in [6, 6.07) is 16.9. The molecule has 31 heavy (non-hydrogen) atoms. The predicted octanol–water partition coefficient (Wildman–Crippen LogP) is 5.15. The highest BCUT2D eigenvalue weighted by Gasteiger charge is 2.19. The zero-order valence-electron chi connectivity index (χ0n) is 17.2. The highest BCUT2D eigenvalue weighted by Crippen LogP contribution is 2.35. The second kappa shape index (κ2) is 9.01. The van der Waals surface area contributed by atoms with Gasteiger partial charge >= 0.3 is 5.97 Å². The minimum atomic E-state index is -0.459. The van der Waals surface area contributed by atoms with E-state index in [1.54, 1.807) is 33.3 Å². The molecule has 2 heterocycles. The minimum absolute atomic E-state index is 0.0122. The number of nitrogens with zero attached hydrogens (tertiary/aromatic N) is 2. The van der Waals surface area contributed by atoms with Crippen LogP contribution in [0, 0.1) is 6.92 Å². The van der Waals surface area contributed by atoms with Gasteiger partial charge in [0.2, 0.25) is 0 Å². The number of carbonyl (C=O) groups is 1. The summed E-state index contributed by atoms with van der Waals surface area (Å²) in [4.78, 5) is 17.6. The Balaban J connectivity index is 1.47. The van der Waals surface area contributed by atoms with E-state index < -0.39 is 5.97 Å². The van der Waals surface area contributed by atoms with Crippen LogP contribution in [-0.4, -0.2) is 30.3 Å². The van der Waals surface area contributed by atoms with E-state index in [1.807, 2.05) is 42.5 Å². The molecule has 4 rings (SSSR count). The highest BCUT2D eigenvalue weighted by atomic mass is 32.1. The van der Waals surface area contributed by atoms with Crippen LogP contribution in [0.4, 0.5) is 0 Å². The quantitative estimate of drug-likeness (QED) is 0.371. The van der Waals surface area contributed by atoms with Gasteiger partial charge in [0.05, 0.1) is 19.9 Å². The smallest absolute Gasteiger partial charge is 0.350 e. The highest BCUT2D eigenvalue weighted by molar-refractivity contribution is 7.17. The molecule has 0 aliphatic carbocycles. The number of carbonyl (C=O) groups excluding carboxylic acids is 1. The number of ether oxygens (including phenoxy) is 3. The van der Waals surface area contributed by atoms with Crippen molar-refractivity contribution in [2.24, 2.45) is 0 Å². The van der Waals surface area contributed by atoms with E-state index >= 15 is 0 Å². The van der Waals surface area contributed by atoms with Gasteiger partial charge < -0.3 is 18.7 Å². The second-order valence-electron chi connectivity index (χ2n) is 6.62. The zero-order valence-corrected chi connectivity index (χ0v) is 18.1. The summed E-state index contributed by atoms with van der Waals surface area (Å²) in [5, 5.41) is 4.72. The summed E-state index contributed by atoms with van der Waals surface area (Å²) in [7, 11) is 3.15. The van der Waals surface area contributed by atoms with Crippen LogP contribution in [0.2, 0.25) is 0 Å². The molecule has 0 aliphatic heterocycles. The number of esters is 1. The van der Waals surface area contributed by atoms with Gasteiger partial charge in [0, 0.05) is 17.2 Å². The third-order valence-corrected chi connectivity index (χ3v) is 5.77. The van der Waals surface area contributed by atoms with Crippen molar-refractivity contribution in [2.45, 2.75) is 13.5 Å². The summed E-state index contributed by atoms with van der Waals surface area (Å²) in [6.45, 7) is 1.76. The maximum atomic E-state index is 12.6. The molecule has 0 spiro atoms. The standard InChI is InChI=1S/C23H20N2O5S/c1-14-21(31-22(24-14)16-9-10-19(27-2)20(11-16)28-3)23(26)29-13-17-12-18(25-30-17)15-7-5-4-6-8-15/h4-12H,13H2,1-3H3. The van der Waals surface area contributed by atoms with E-state index in [1.165, 1.54) is 11.3 Å². The van der Waals surface area contributed by atoms with Gasteiger partial charge in [-0.2, -0.15) is 0 Å². The molecule has 158 valence electrons. The van der Waals surface area contributed by atoms with Crippen molar-refractivity contribution in [3.8, 4) is 33.3 Å². The third kappa shape index (κ3) is 4.44. The second-order valence-corrected chi connectivity index (χ2v) is 7.62. The van der Waals surface area contributed by atoms with Crippen molar-refractivity contribution in [1.82, 2.24) is 10.1 Å². The molecule has 0 atom stereocenters. The van der Waals surface area contributed by atoms with Gasteiger partial charge in [-0.05, 0) is 25.1 Å². The van der Waals surface area contributed by atoms with Gasteiger partial charge in [-0.15, -0.1) is 11.3 Å². The molecule has 4 aromatic rings. The van der Waals surface area contributed by atoms with Crippen molar-refractivity contribution in [3.63, 3.8) is 0 Å². The lowest BCUT2D eigenvalue weighted by Gasteiger charge is -2.08. The lowest BCUT2D eigenvalue weighted by atomic mass is 10.1. The molecule has 0 N–H and O–H groups in total. The molecule has 0 aliphatic rings. The Bertz CT molecular complexity index is 1200. The van der Waals surface area contributed by atoms with E-state index in [0.29, 0.717) is 38.5 Å². The van der Waals surface area contributed by atoms with Gasteiger partial charge in [0.15, 0.2) is 23.9 Å². The number of aryl methyl sites for hydroxylation is 1. The number of aromatic nitrogens is 2. The van der Waals surface area contributed by atoms with Gasteiger partial charge in [-0.3, -0.25) is 0 Å². The van der Waals surface area contributed by atoms with Gasteiger partial charge in [0.25, 0.3) is 0 Å². The first-order valence-electron chi connectivity index (χ1n) is 9.47. The number of rotatable bonds is 7. The molecule has 8 heteroatoms. The number of hydrogen-bond donors (Lipinski definition) is 0. The average molecular weight is 436 g/mol. The SMILES string of the molecule is COc1ccc(-c2nc(C)c(C(=O)OCc3cc(-c4ccccc4)no3)s2)cc1OC. The molecule has 0 fully saturated rings. The first-order valence-corrected chi connectivity index (χ1v) is 10.3. The Kier molecular flexibility index (Phi) is 5.99. The molecule has 2 aromatic carbocycles. The monoisotopic (exact) mass is 436 g/mol. The van der Waals surface area contributed by atoms with E-state index in [0.717, 1.165) is 11.1 Å². The number of hydrogen-bond acceptors (Lipinski definition) is 8. The Hall–Kier alpha value is -3.65. The molecule has 0 radical (unpaired) electrons. The summed E-state index contributed by atoms with van der Waals surface area (Å²) >= 11 is 1.26. The topological polar surface area (TPSA) is 83.7 Å². The molecule has 0 saturated heterocycles. The first kappa shape index (κ1) is 20.6. The fourth-order valence-corrected chi connectivity index (χ4v) is 3.96. The maximum Gasteiger partial charge on any atom is 0.350 e. The predicted molar refractivity (Wildman–Crippen MR) is 116 cm³/mol. The summed E-state index contributed by atoms with van der Waals surface area (Å²) < 4.78 is 21.3. The van der Waals surface area contributed by atoms with E-state index in [-0.39, 0.29) is 6.61 Å². The van der Waals surface area contributed by atoms with Gasteiger partial charge in [-0.1, -0.05) is 35.5 Å². The Morgan fingerprint density at radius 2 is 1.77 bits per heavy atom. The molecular formula is C23H20N2O5S. The fraction of sp³-hybridized carbons (Fsp3) is 0.174. The van der Waals surface area contributed by atoms with E-state index in [9.17, 15) is 4.79 Å². The number of thiazole rings is 1. The summed E-state index contributed by atoms with van der Waals surface area (Å²) in [5.41, 5.74) is 3.05. The van der Waals surface area contributed by atoms with Crippen LogP contribution in [0.15, 0.2) is 59.1 Å². The van der Waals surface area contributed by atoms with Crippen molar-refractivity contribution >= 4 is 17.3 Å². The number of methoxy groups -OCH3 is 2. The Labute approximate surface area is 183 Å².